The monoisotopic (exact) mass is 368 g/mol. The zero-order valence-electron chi connectivity index (χ0n) is 14.3. The summed E-state index contributed by atoms with van der Waals surface area (Å²) < 4.78 is 25.9. The highest BCUT2D eigenvalue weighted by Gasteiger charge is 2.37. The molecule has 0 aromatic heterocycles. The molecule has 1 aromatic carbocycles. The maximum atomic E-state index is 12.5. The molecule has 1 amide bonds. The van der Waals surface area contributed by atoms with Gasteiger partial charge in [-0.15, -0.1) is 0 Å². The maximum Gasteiger partial charge on any atom is 0.303 e. The summed E-state index contributed by atoms with van der Waals surface area (Å²) >= 11 is 0. The van der Waals surface area contributed by atoms with Crippen molar-refractivity contribution in [1.29, 1.82) is 0 Å². The Bertz CT molecular complexity index is 715. The first-order chi connectivity index (χ1) is 11.8. The van der Waals surface area contributed by atoms with Gasteiger partial charge in [-0.2, -0.15) is 4.31 Å². The molecule has 1 atom stereocenters. The number of amides is 1. The van der Waals surface area contributed by atoms with Crippen molar-refractivity contribution in [3.63, 3.8) is 0 Å². The van der Waals surface area contributed by atoms with Gasteiger partial charge in [-0.25, -0.2) is 8.42 Å². The van der Waals surface area contributed by atoms with E-state index in [2.05, 4.69) is 5.32 Å². The summed E-state index contributed by atoms with van der Waals surface area (Å²) in [7, 11) is -3.40. The van der Waals surface area contributed by atoms with Crippen LogP contribution in [0, 0.1) is 0 Å². The van der Waals surface area contributed by atoms with E-state index in [0.29, 0.717) is 37.9 Å². The fourth-order valence-electron chi connectivity index (χ4n) is 2.94. The molecule has 0 spiro atoms. The number of sulfonamides is 1. The first kappa shape index (κ1) is 19.4. The lowest BCUT2D eigenvalue weighted by Gasteiger charge is -2.23. The van der Waals surface area contributed by atoms with Crippen molar-refractivity contribution in [2.45, 2.75) is 45.1 Å². The van der Waals surface area contributed by atoms with Crippen molar-refractivity contribution in [2.75, 3.05) is 17.6 Å². The molecule has 2 rings (SSSR count). The van der Waals surface area contributed by atoms with E-state index in [9.17, 15) is 18.0 Å². The minimum Gasteiger partial charge on any atom is -0.481 e. The predicted molar refractivity (Wildman–Crippen MR) is 94.8 cm³/mol. The Balaban J connectivity index is 2.00. The summed E-state index contributed by atoms with van der Waals surface area (Å²) in [5, 5.41) is 11.4. The molecule has 0 saturated carbocycles. The van der Waals surface area contributed by atoms with Gasteiger partial charge in [0.05, 0.1) is 5.75 Å². The van der Waals surface area contributed by atoms with E-state index < -0.39 is 22.0 Å². The third kappa shape index (κ3) is 5.27. The Hall–Kier alpha value is -1.93. The van der Waals surface area contributed by atoms with Crippen molar-refractivity contribution in [3.8, 4) is 0 Å². The molecule has 7 nitrogen and oxygen atoms in total. The van der Waals surface area contributed by atoms with E-state index in [0.717, 1.165) is 5.56 Å². The van der Waals surface area contributed by atoms with Gasteiger partial charge in [0.1, 0.15) is 6.04 Å². The van der Waals surface area contributed by atoms with E-state index in [1.165, 1.54) is 4.31 Å². The van der Waals surface area contributed by atoms with Crippen LogP contribution < -0.4 is 5.32 Å². The van der Waals surface area contributed by atoms with Crippen LogP contribution in [-0.4, -0.2) is 48.0 Å². The number of nitrogens with one attached hydrogen (secondary N) is 1. The Morgan fingerprint density at radius 1 is 1.28 bits per heavy atom. The van der Waals surface area contributed by atoms with Crippen LogP contribution in [-0.2, 0) is 26.0 Å². The SMILES string of the molecule is CCCS(=O)(=O)N1CCCC1C(=O)Nc1ccc(CCC(=O)O)cc1. The first-order valence-corrected chi connectivity index (χ1v) is 10.1. The molecule has 1 unspecified atom stereocenters. The molecule has 1 aliphatic heterocycles. The second kappa shape index (κ2) is 8.44. The number of nitrogens with zero attached hydrogens (tertiary/aromatic N) is 1. The zero-order chi connectivity index (χ0) is 18.4. The summed E-state index contributed by atoms with van der Waals surface area (Å²) in [6, 6.07) is 6.27. The molecule has 0 radical (unpaired) electrons. The number of carboxylic acid groups (broad SMARTS) is 1. The second-order valence-corrected chi connectivity index (χ2v) is 8.21. The van der Waals surface area contributed by atoms with Gasteiger partial charge < -0.3 is 10.4 Å². The topological polar surface area (TPSA) is 104 Å². The molecule has 0 bridgehead atoms. The van der Waals surface area contributed by atoms with Crippen LogP contribution in [0.3, 0.4) is 0 Å². The number of carbonyl (C=O) groups excluding carboxylic acids is 1. The molecule has 1 fully saturated rings. The van der Waals surface area contributed by atoms with Crippen LogP contribution in [0.5, 0.6) is 0 Å². The van der Waals surface area contributed by atoms with Gasteiger partial charge >= 0.3 is 5.97 Å². The molecule has 8 heteroatoms. The van der Waals surface area contributed by atoms with Crippen molar-refractivity contribution < 1.29 is 23.1 Å². The van der Waals surface area contributed by atoms with Gasteiger partial charge in [0.25, 0.3) is 0 Å². The van der Waals surface area contributed by atoms with Gasteiger partial charge in [-0.3, -0.25) is 9.59 Å². The number of anilines is 1. The molecule has 1 aliphatic rings. The molecule has 1 heterocycles. The van der Waals surface area contributed by atoms with Crippen LogP contribution >= 0.6 is 0 Å². The van der Waals surface area contributed by atoms with Crippen molar-refractivity contribution >= 4 is 27.6 Å². The number of hydrogen-bond acceptors (Lipinski definition) is 4. The number of carbonyl (C=O) groups is 2. The Morgan fingerprint density at radius 3 is 2.56 bits per heavy atom. The second-order valence-electron chi connectivity index (χ2n) is 6.16. The molecule has 138 valence electrons. The van der Waals surface area contributed by atoms with E-state index in [1.807, 2.05) is 0 Å². The standard InChI is InChI=1S/C17H24N2O5S/c1-2-12-25(23,24)19-11-3-4-15(19)17(22)18-14-8-5-13(6-9-14)7-10-16(20)21/h5-6,8-9,15H,2-4,7,10-12H2,1H3,(H,18,22)(H,20,21). The van der Waals surface area contributed by atoms with Crippen molar-refractivity contribution in [2.24, 2.45) is 0 Å². The van der Waals surface area contributed by atoms with Crippen LogP contribution in [0.1, 0.15) is 38.2 Å². The van der Waals surface area contributed by atoms with E-state index >= 15 is 0 Å². The fourth-order valence-corrected chi connectivity index (χ4v) is 4.69. The van der Waals surface area contributed by atoms with Crippen LogP contribution in [0.25, 0.3) is 0 Å². The smallest absolute Gasteiger partial charge is 0.303 e. The van der Waals surface area contributed by atoms with E-state index in [4.69, 9.17) is 5.11 Å². The molecule has 25 heavy (non-hydrogen) atoms. The van der Waals surface area contributed by atoms with Crippen molar-refractivity contribution in [1.82, 2.24) is 4.31 Å². The molecular formula is C17H24N2O5S. The Kier molecular flexibility index (Phi) is 6.55. The highest BCUT2D eigenvalue weighted by molar-refractivity contribution is 7.89. The number of carboxylic acids is 1. The highest BCUT2D eigenvalue weighted by atomic mass is 32.2. The number of rotatable bonds is 8. The van der Waals surface area contributed by atoms with Gasteiger partial charge in [-0.05, 0) is 43.4 Å². The van der Waals surface area contributed by atoms with Gasteiger partial charge in [0, 0.05) is 18.7 Å². The quantitative estimate of drug-likeness (QED) is 0.729. The lowest BCUT2D eigenvalue weighted by molar-refractivity contribution is -0.137. The summed E-state index contributed by atoms with van der Waals surface area (Å²) in [4.78, 5) is 23.1. The number of aryl methyl sites for hydroxylation is 1. The largest absolute Gasteiger partial charge is 0.481 e. The van der Waals surface area contributed by atoms with Gasteiger partial charge in [0.2, 0.25) is 15.9 Å². The van der Waals surface area contributed by atoms with Gasteiger partial charge in [0.15, 0.2) is 0 Å². The summed E-state index contributed by atoms with van der Waals surface area (Å²) in [5.41, 5.74) is 1.44. The lowest BCUT2D eigenvalue weighted by Crippen LogP contribution is -2.44. The number of benzene rings is 1. The van der Waals surface area contributed by atoms with Crippen LogP contribution in [0.4, 0.5) is 5.69 Å². The molecule has 2 N–H and O–H groups in total. The molecule has 1 aromatic rings. The maximum absolute atomic E-state index is 12.5. The minimum absolute atomic E-state index is 0.0506. The van der Waals surface area contributed by atoms with Crippen molar-refractivity contribution in [3.05, 3.63) is 29.8 Å². The van der Waals surface area contributed by atoms with Crippen LogP contribution in [0.15, 0.2) is 24.3 Å². The Morgan fingerprint density at radius 2 is 1.96 bits per heavy atom. The third-order valence-corrected chi connectivity index (χ3v) is 6.25. The summed E-state index contributed by atoms with van der Waals surface area (Å²) in [5.74, 6) is -1.13. The first-order valence-electron chi connectivity index (χ1n) is 8.44. The average molecular weight is 368 g/mol. The number of hydrogen-bond donors (Lipinski definition) is 2. The lowest BCUT2D eigenvalue weighted by atomic mass is 10.1. The molecule has 0 aliphatic carbocycles. The number of aliphatic carboxylic acids is 1. The summed E-state index contributed by atoms with van der Waals surface area (Å²) in [6.07, 6.45) is 2.19. The zero-order valence-corrected chi connectivity index (χ0v) is 15.1. The van der Waals surface area contributed by atoms with Crippen LogP contribution in [0.2, 0.25) is 0 Å². The predicted octanol–water partition coefficient (Wildman–Crippen LogP) is 1.85. The summed E-state index contributed by atoms with van der Waals surface area (Å²) in [6.45, 7) is 2.18. The fraction of sp³-hybridized carbons (Fsp3) is 0.529. The average Bonchev–Trinajstić information content (AvgIpc) is 3.05. The van der Waals surface area contributed by atoms with E-state index in [-0.39, 0.29) is 18.1 Å². The van der Waals surface area contributed by atoms with Gasteiger partial charge in [-0.1, -0.05) is 19.1 Å². The highest BCUT2D eigenvalue weighted by Crippen LogP contribution is 2.23. The Labute approximate surface area is 148 Å². The minimum atomic E-state index is -3.40. The molecular weight excluding hydrogens is 344 g/mol. The normalized spacial score (nSPS) is 18.2. The van der Waals surface area contributed by atoms with E-state index in [1.54, 1.807) is 31.2 Å². The third-order valence-electron chi connectivity index (χ3n) is 4.17. The molecule has 1 saturated heterocycles.